The predicted octanol–water partition coefficient (Wildman–Crippen LogP) is 2.57. The summed E-state index contributed by atoms with van der Waals surface area (Å²) in [6.07, 6.45) is -2.79. The molecule has 0 bridgehead atoms. The summed E-state index contributed by atoms with van der Waals surface area (Å²) in [6, 6.07) is 0. The Balaban J connectivity index is 2.27. The predicted molar refractivity (Wildman–Crippen MR) is 50.7 cm³/mol. The molecule has 2 atom stereocenters. The van der Waals surface area contributed by atoms with Crippen molar-refractivity contribution in [2.24, 2.45) is 13.0 Å². The van der Waals surface area contributed by atoms with Gasteiger partial charge in [0.15, 0.2) is 0 Å². The van der Waals surface area contributed by atoms with Gasteiger partial charge in [0.25, 0.3) is 12.3 Å². The second-order valence-corrected chi connectivity index (χ2v) is 4.30. The van der Waals surface area contributed by atoms with Crippen LogP contribution in [0.15, 0.2) is 0 Å². The third-order valence-electron chi connectivity index (χ3n) is 3.39. The van der Waals surface area contributed by atoms with Crippen LogP contribution in [0, 0.1) is 17.8 Å². The van der Waals surface area contributed by atoms with Gasteiger partial charge in [-0.3, -0.25) is 4.68 Å². The van der Waals surface area contributed by atoms with Crippen LogP contribution in [0.2, 0.25) is 0 Å². The third-order valence-corrected chi connectivity index (χ3v) is 3.39. The number of hydrogen-bond acceptors (Lipinski definition) is 1. The van der Waals surface area contributed by atoms with Crippen LogP contribution in [-0.2, 0) is 13.0 Å². The fourth-order valence-electron chi connectivity index (χ4n) is 2.71. The SMILES string of the molecule is Cn1nc(C(F)F)c2c1C(F)(F)[C@@H]1CC#C[C@H]21. The summed E-state index contributed by atoms with van der Waals surface area (Å²) in [6.45, 7) is 0. The monoisotopic (exact) mass is 244 g/mol. The standard InChI is InChI=1S/C11H8F4N2/c1-17-9-7(8(16-17)10(12)13)5-3-2-4-6(5)11(9,14)15/h5-6,10H,4H2,1H3/t5-,6+/m0/s1. The molecule has 0 aliphatic heterocycles. The molecule has 2 aliphatic carbocycles. The smallest absolute Gasteiger partial charge is 0.266 e. The fraction of sp³-hybridized carbons (Fsp3) is 0.545. The molecule has 90 valence electrons. The molecule has 0 radical (unpaired) electrons. The van der Waals surface area contributed by atoms with Gasteiger partial charge in [-0.1, -0.05) is 5.92 Å². The van der Waals surface area contributed by atoms with E-state index in [4.69, 9.17) is 0 Å². The number of aromatic nitrogens is 2. The minimum absolute atomic E-state index is 0.0506. The van der Waals surface area contributed by atoms with Gasteiger partial charge in [-0.05, 0) is 0 Å². The molecule has 0 saturated carbocycles. The highest BCUT2D eigenvalue weighted by molar-refractivity contribution is 5.48. The number of hydrogen-bond donors (Lipinski definition) is 0. The highest BCUT2D eigenvalue weighted by atomic mass is 19.3. The van der Waals surface area contributed by atoms with Gasteiger partial charge in [0.2, 0.25) is 0 Å². The number of halogens is 4. The Morgan fingerprint density at radius 2 is 2.18 bits per heavy atom. The maximum atomic E-state index is 14.0. The minimum atomic E-state index is -3.13. The van der Waals surface area contributed by atoms with E-state index in [1.807, 2.05) is 0 Å². The molecule has 0 fully saturated rings. The average Bonchev–Trinajstić information content (AvgIpc) is 2.83. The van der Waals surface area contributed by atoms with Gasteiger partial charge >= 0.3 is 0 Å². The Hall–Kier alpha value is -1.51. The van der Waals surface area contributed by atoms with Crippen molar-refractivity contribution in [3.05, 3.63) is 17.0 Å². The van der Waals surface area contributed by atoms with Crippen LogP contribution >= 0.6 is 0 Å². The van der Waals surface area contributed by atoms with E-state index in [2.05, 4.69) is 16.9 Å². The molecule has 1 heterocycles. The Morgan fingerprint density at radius 3 is 2.82 bits per heavy atom. The van der Waals surface area contributed by atoms with Crippen LogP contribution in [0.4, 0.5) is 17.6 Å². The van der Waals surface area contributed by atoms with Crippen molar-refractivity contribution in [2.45, 2.75) is 24.7 Å². The molecular formula is C11H8F4N2. The van der Waals surface area contributed by atoms with Crippen molar-refractivity contribution in [1.29, 1.82) is 0 Å². The summed E-state index contributed by atoms with van der Waals surface area (Å²) in [5.41, 5.74) is -0.995. The van der Waals surface area contributed by atoms with E-state index in [9.17, 15) is 17.6 Å². The van der Waals surface area contributed by atoms with Gasteiger partial charge in [-0.15, -0.1) is 5.92 Å². The summed E-state index contributed by atoms with van der Waals surface area (Å²) in [5.74, 6) is 0.251. The molecule has 0 amide bonds. The third kappa shape index (κ3) is 1.14. The first-order valence-corrected chi connectivity index (χ1v) is 5.16. The van der Waals surface area contributed by atoms with Crippen molar-refractivity contribution in [3.63, 3.8) is 0 Å². The van der Waals surface area contributed by atoms with Crippen LogP contribution in [0.5, 0.6) is 0 Å². The number of alkyl halides is 4. The van der Waals surface area contributed by atoms with E-state index in [-0.39, 0.29) is 12.0 Å². The summed E-state index contributed by atoms with van der Waals surface area (Å²) in [5, 5.41) is 3.51. The van der Waals surface area contributed by atoms with Gasteiger partial charge in [-0.25, -0.2) is 8.78 Å². The molecule has 0 unspecified atom stereocenters. The Morgan fingerprint density at radius 1 is 1.47 bits per heavy atom. The van der Waals surface area contributed by atoms with Gasteiger partial charge in [0.1, 0.15) is 11.4 Å². The maximum absolute atomic E-state index is 14.0. The lowest BCUT2D eigenvalue weighted by Crippen LogP contribution is -2.24. The van der Waals surface area contributed by atoms with E-state index in [1.165, 1.54) is 7.05 Å². The molecule has 6 heteroatoms. The average molecular weight is 244 g/mol. The molecule has 17 heavy (non-hydrogen) atoms. The van der Waals surface area contributed by atoms with Crippen molar-refractivity contribution >= 4 is 0 Å². The molecule has 2 aliphatic rings. The van der Waals surface area contributed by atoms with Crippen LogP contribution in [0.1, 0.15) is 35.7 Å². The van der Waals surface area contributed by atoms with E-state index in [0.717, 1.165) is 4.68 Å². The highest BCUT2D eigenvalue weighted by Gasteiger charge is 2.58. The molecule has 0 N–H and O–H groups in total. The zero-order valence-electron chi connectivity index (χ0n) is 8.85. The first-order valence-electron chi connectivity index (χ1n) is 5.16. The normalized spacial score (nSPS) is 27.9. The van der Waals surface area contributed by atoms with Crippen molar-refractivity contribution in [2.75, 3.05) is 0 Å². The number of nitrogens with zero attached hydrogens (tertiary/aromatic N) is 2. The van der Waals surface area contributed by atoms with E-state index in [1.54, 1.807) is 0 Å². The number of rotatable bonds is 1. The van der Waals surface area contributed by atoms with Crippen LogP contribution in [0.25, 0.3) is 0 Å². The van der Waals surface area contributed by atoms with Crippen LogP contribution < -0.4 is 0 Å². The molecular weight excluding hydrogens is 236 g/mol. The summed E-state index contributed by atoms with van der Waals surface area (Å²) < 4.78 is 54.5. The number of fused-ring (bicyclic) bond motifs is 3. The molecule has 3 rings (SSSR count). The van der Waals surface area contributed by atoms with Crippen molar-refractivity contribution in [1.82, 2.24) is 9.78 Å². The Bertz CT molecular complexity index is 550. The molecule has 0 aromatic carbocycles. The van der Waals surface area contributed by atoms with Gasteiger partial charge in [-0.2, -0.15) is 13.9 Å². The van der Waals surface area contributed by atoms with Gasteiger partial charge < -0.3 is 0 Å². The van der Waals surface area contributed by atoms with Crippen LogP contribution in [-0.4, -0.2) is 9.78 Å². The summed E-state index contributed by atoms with van der Waals surface area (Å²) in [4.78, 5) is 0. The first-order chi connectivity index (χ1) is 7.94. The Kier molecular flexibility index (Phi) is 1.90. The molecule has 0 saturated heterocycles. The maximum Gasteiger partial charge on any atom is 0.294 e. The van der Waals surface area contributed by atoms with E-state index in [0.29, 0.717) is 0 Å². The zero-order chi connectivity index (χ0) is 12.4. The van der Waals surface area contributed by atoms with Crippen molar-refractivity contribution in [3.8, 4) is 11.8 Å². The first kappa shape index (κ1) is 10.6. The highest BCUT2D eigenvalue weighted by Crippen LogP contribution is 2.57. The zero-order valence-corrected chi connectivity index (χ0v) is 8.85. The lowest BCUT2D eigenvalue weighted by molar-refractivity contribution is -0.0588. The van der Waals surface area contributed by atoms with Crippen molar-refractivity contribution < 1.29 is 17.6 Å². The van der Waals surface area contributed by atoms with Gasteiger partial charge in [0, 0.05) is 19.0 Å². The van der Waals surface area contributed by atoms with E-state index < -0.39 is 35.6 Å². The molecule has 2 nitrogen and oxygen atoms in total. The summed E-state index contributed by atoms with van der Waals surface area (Å²) >= 11 is 0. The van der Waals surface area contributed by atoms with Gasteiger partial charge in [0.05, 0.1) is 11.8 Å². The quantitative estimate of drug-likeness (QED) is 0.548. The lowest BCUT2D eigenvalue weighted by atomic mass is 9.93. The summed E-state index contributed by atoms with van der Waals surface area (Å²) in [7, 11) is 1.27. The Labute approximate surface area is 94.6 Å². The minimum Gasteiger partial charge on any atom is -0.266 e. The second-order valence-electron chi connectivity index (χ2n) is 4.30. The number of aryl methyl sites for hydroxylation is 1. The topological polar surface area (TPSA) is 17.8 Å². The fourth-order valence-corrected chi connectivity index (χ4v) is 2.71. The van der Waals surface area contributed by atoms with E-state index >= 15 is 0 Å². The lowest BCUT2D eigenvalue weighted by Gasteiger charge is -2.18. The second kappa shape index (κ2) is 3.03. The molecule has 1 aromatic rings. The van der Waals surface area contributed by atoms with Crippen LogP contribution in [0.3, 0.4) is 0 Å². The molecule has 1 aromatic heterocycles. The largest absolute Gasteiger partial charge is 0.294 e. The molecule has 0 spiro atoms.